The van der Waals surface area contributed by atoms with Gasteiger partial charge >= 0.3 is 6.09 Å². The van der Waals surface area contributed by atoms with Gasteiger partial charge in [-0.05, 0) is 39.7 Å². The fraction of sp³-hybridized carbons (Fsp3) is 0.643. The summed E-state index contributed by atoms with van der Waals surface area (Å²) in [7, 11) is 0. The third-order valence-corrected chi connectivity index (χ3v) is 2.92. The summed E-state index contributed by atoms with van der Waals surface area (Å²) in [6, 6.07) is -0.781. The zero-order valence-electron chi connectivity index (χ0n) is 12.2. The number of alkyl carbamates (subject to hydrolysis) is 1. The predicted molar refractivity (Wildman–Crippen MR) is 74.1 cm³/mol. The molecule has 0 saturated carbocycles. The molecule has 1 heterocycles. The zero-order valence-corrected chi connectivity index (χ0v) is 12.2. The minimum absolute atomic E-state index is 0.0853. The van der Waals surface area contributed by atoms with Gasteiger partial charge in [-0.15, -0.1) is 0 Å². The zero-order chi connectivity index (χ0) is 15.3. The smallest absolute Gasteiger partial charge is 0.408 e. The predicted octanol–water partition coefficient (Wildman–Crippen LogP) is 1.16. The number of amides is 2. The summed E-state index contributed by atoms with van der Waals surface area (Å²) >= 11 is 0. The molecule has 6 heteroatoms. The standard InChI is InChI=1S/C14H22N2O4/c1-5-11(17)10(8-9-6-7-15-12(9)18)16-13(19)20-14(2,3)4/h5,9-10H,1,6-8H2,2-4H3,(H,15,18)(H,16,19)/t9-,10-/m0/s1. The fourth-order valence-electron chi connectivity index (χ4n) is 1.99. The molecule has 1 aliphatic rings. The van der Waals surface area contributed by atoms with Crippen molar-refractivity contribution in [3.63, 3.8) is 0 Å². The van der Waals surface area contributed by atoms with Gasteiger partial charge in [0.15, 0.2) is 5.78 Å². The highest BCUT2D eigenvalue weighted by Gasteiger charge is 2.31. The molecule has 6 nitrogen and oxygen atoms in total. The Morgan fingerprint density at radius 3 is 2.65 bits per heavy atom. The van der Waals surface area contributed by atoms with Gasteiger partial charge in [0.25, 0.3) is 0 Å². The molecule has 0 aliphatic carbocycles. The van der Waals surface area contributed by atoms with E-state index < -0.39 is 17.7 Å². The van der Waals surface area contributed by atoms with Crippen LogP contribution in [0, 0.1) is 5.92 Å². The summed E-state index contributed by atoms with van der Waals surface area (Å²) < 4.78 is 5.12. The van der Waals surface area contributed by atoms with Crippen LogP contribution in [0.3, 0.4) is 0 Å². The molecule has 0 radical (unpaired) electrons. The van der Waals surface area contributed by atoms with E-state index in [2.05, 4.69) is 17.2 Å². The lowest BCUT2D eigenvalue weighted by molar-refractivity contribution is -0.123. The van der Waals surface area contributed by atoms with Crippen molar-refractivity contribution in [3.8, 4) is 0 Å². The summed E-state index contributed by atoms with van der Waals surface area (Å²) in [4.78, 5) is 35.1. The third-order valence-electron chi connectivity index (χ3n) is 2.92. The molecule has 0 aromatic carbocycles. The molecule has 2 amide bonds. The van der Waals surface area contributed by atoms with Gasteiger partial charge < -0.3 is 15.4 Å². The minimum atomic E-state index is -0.781. The number of nitrogens with one attached hydrogen (secondary N) is 2. The maximum Gasteiger partial charge on any atom is 0.408 e. The van der Waals surface area contributed by atoms with Crippen LogP contribution < -0.4 is 10.6 Å². The fourth-order valence-corrected chi connectivity index (χ4v) is 1.99. The van der Waals surface area contributed by atoms with Crippen molar-refractivity contribution in [2.45, 2.75) is 45.3 Å². The van der Waals surface area contributed by atoms with Crippen molar-refractivity contribution in [3.05, 3.63) is 12.7 Å². The van der Waals surface area contributed by atoms with E-state index in [1.54, 1.807) is 20.8 Å². The lowest BCUT2D eigenvalue weighted by atomic mass is 9.96. The number of rotatable bonds is 5. The highest BCUT2D eigenvalue weighted by Crippen LogP contribution is 2.17. The topological polar surface area (TPSA) is 84.5 Å². The van der Waals surface area contributed by atoms with Gasteiger partial charge in [0.2, 0.25) is 5.91 Å². The van der Waals surface area contributed by atoms with E-state index in [0.717, 1.165) is 6.08 Å². The summed E-state index contributed by atoms with van der Waals surface area (Å²) in [5, 5.41) is 5.21. The van der Waals surface area contributed by atoms with Crippen LogP contribution >= 0.6 is 0 Å². The first kappa shape index (κ1) is 16.2. The molecule has 1 fully saturated rings. The summed E-state index contributed by atoms with van der Waals surface area (Å²) in [6.45, 7) is 9.23. The Hall–Kier alpha value is -1.85. The quantitative estimate of drug-likeness (QED) is 0.741. The molecule has 0 unspecified atom stereocenters. The largest absolute Gasteiger partial charge is 0.444 e. The maximum atomic E-state index is 11.8. The summed E-state index contributed by atoms with van der Waals surface area (Å²) in [5.41, 5.74) is -0.642. The number of hydrogen-bond acceptors (Lipinski definition) is 4. The van der Waals surface area contributed by atoms with E-state index in [9.17, 15) is 14.4 Å². The van der Waals surface area contributed by atoms with Gasteiger partial charge in [0.1, 0.15) is 5.60 Å². The second-order valence-electron chi connectivity index (χ2n) is 5.82. The molecular weight excluding hydrogens is 260 g/mol. The average molecular weight is 282 g/mol. The molecule has 1 rings (SSSR count). The van der Waals surface area contributed by atoms with Gasteiger partial charge in [-0.25, -0.2) is 4.79 Å². The highest BCUT2D eigenvalue weighted by atomic mass is 16.6. The molecule has 20 heavy (non-hydrogen) atoms. The lowest BCUT2D eigenvalue weighted by Gasteiger charge is -2.23. The summed E-state index contributed by atoms with van der Waals surface area (Å²) in [5.74, 6) is -0.674. The second kappa shape index (κ2) is 6.54. The van der Waals surface area contributed by atoms with Crippen LogP contribution in [-0.2, 0) is 14.3 Å². The van der Waals surface area contributed by atoms with Crippen LogP contribution in [0.2, 0.25) is 0 Å². The molecule has 2 N–H and O–H groups in total. The molecule has 0 spiro atoms. The van der Waals surface area contributed by atoms with Crippen molar-refractivity contribution in [1.29, 1.82) is 0 Å². The molecule has 112 valence electrons. The number of ketones is 1. The number of hydrogen-bond donors (Lipinski definition) is 2. The third kappa shape index (κ3) is 5.03. The number of ether oxygens (including phenoxy) is 1. The first-order valence-corrected chi connectivity index (χ1v) is 6.66. The Morgan fingerprint density at radius 2 is 2.20 bits per heavy atom. The van der Waals surface area contributed by atoms with Gasteiger partial charge in [-0.1, -0.05) is 6.58 Å². The lowest BCUT2D eigenvalue weighted by Crippen LogP contribution is -2.44. The monoisotopic (exact) mass is 282 g/mol. The van der Waals surface area contributed by atoms with E-state index >= 15 is 0 Å². The minimum Gasteiger partial charge on any atom is -0.444 e. The molecule has 0 aromatic rings. The van der Waals surface area contributed by atoms with Crippen molar-refractivity contribution in [1.82, 2.24) is 10.6 Å². The van der Waals surface area contributed by atoms with Crippen molar-refractivity contribution >= 4 is 17.8 Å². The average Bonchev–Trinajstić information content (AvgIpc) is 2.70. The number of carbonyl (C=O) groups is 3. The van der Waals surface area contributed by atoms with Crippen molar-refractivity contribution < 1.29 is 19.1 Å². The van der Waals surface area contributed by atoms with E-state index in [1.807, 2.05) is 0 Å². The Morgan fingerprint density at radius 1 is 1.55 bits per heavy atom. The molecule has 0 aromatic heterocycles. The molecule has 2 atom stereocenters. The van der Waals surface area contributed by atoms with Gasteiger partial charge in [0, 0.05) is 12.5 Å². The SMILES string of the molecule is C=CC(=O)[C@H](C[C@@H]1CCNC1=O)NC(=O)OC(C)(C)C. The molecule has 0 bridgehead atoms. The van der Waals surface area contributed by atoms with Crippen molar-refractivity contribution in [2.75, 3.05) is 6.54 Å². The Labute approximate surface area is 118 Å². The van der Waals surface area contributed by atoms with Crippen LogP contribution in [0.1, 0.15) is 33.6 Å². The first-order valence-electron chi connectivity index (χ1n) is 6.66. The van der Waals surface area contributed by atoms with E-state index in [1.165, 1.54) is 0 Å². The Kier molecular flexibility index (Phi) is 5.30. The molecule has 1 aliphatic heterocycles. The van der Waals surface area contributed by atoms with Crippen LogP contribution in [0.4, 0.5) is 4.79 Å². The Bertz CT molecular complexity index is 412. The second-order valence-corrected chi connectivity index (χ2v) is 5.82. The van der Waals surface area contributed by atoms with Crippen LogP contribution in [0.15, 0.2) is 12.7 Å². The Balaban J connectivity index is 2.65. The van der Waals surface area contributed by atoms with Crippen molar-refractivity contribution in [2.24, 2.45) is 5.92 Å². The molecular formula is C14H22N2O4. The molecule has 1 saturated heterocycles. The van der Waals surface area contributed by atoms with Crippen LogP contribution in [0.5, 0.6) is 0 Å². The van der Waals surface area contributed by atoms with Gasteiger partial charge in [-0.2, -0.15) is 0 Å². The van der Waals surface area contributed by atoms with E-state index in [4.69, 9.17) is 4.74 Å². The van der Waals surface area contributed by atoms with E-state index in [-0.39, 0.29) is 24.0 Å². The van der Waals surface area contributed by atoms with Gasteiger partial charge in [-0.3, -0.25) is 9.59 Å². The maximum absolute atomic E-state index is 11.8. The van der Waals surface area contributed by atoms with Crippen LogP contribution in [-0.4, -0.2) is 36.0 Å². The van der Waals surface area contributed by atoms with E-state index in [0.29, 0.717) is 13.0 Å². The van der Waals surface area contributed by atoms with Gasteiger partial charge in [0.05, 0.1) is 6.04 Å². The van der Waals surface area contributed by atoms with Crippen LogP contribution in [0.25, 0.3) is 0 Å². The normalized spacial score (nSPS) is 19.9. The first-order chi connectivity index (χ1) is 9.23. The summed E-state index contributed by atoms with van der Waals surface area (Å²) in [6.07, 6.45) is 1.40. The number of carbonyl (C=O) groups excluding carboxylic acids is 3. The highest BCUT2D eigenvalue weighted by molar-refractivity contribution is 5.96.